The first-order valence-electron chi connectivity index (χ1n) is 13.6. The molecule has 0 unspecified atom stereocenters. The van der Waals surface area contributed by atoms with E-state index in [0.717, 1.165) is 28.7 Å². The van der Waals surface area contributed by atoms with E-state index < -0.39 is 10.0 Å². The molecule has 6 rings (SSSR count). The third kappa shape index (κ3) is 6.11. The lowest BCUT2D eigenvalue weighted by Gasteiger charge is -2.28. The molecular formula is C30H33ClN4O5S2. The normalized spacial score (nSPS) is 14.8. The molecule has 42 heavy (non-hydrogen) atoms. The number of hydrogen-bond acceptors (Lipinski definition) is 8. The third-order valence-electron chi connectivity index (χ3n) is 7.34. The lowest BCUT2D eigenvalue weighted by Crippen LogP contribution is -2.36. The molecule has 0 atom stereocenters. The summed E-state index contributed by atoms with van der Waals surface area (Å²) in [5, 5.41) is 0.579. The Balaban J connectivity index is 0.00000353. The van der Waals surface area contributed by atoms with E-state index in [1.165, 1.54) is 33.3 Å². The van der Waals surface area contributed by atoms with Crippen molar-refractivity contribution in [3.63, 3.8) is 0 Å². The molecule has 0 spiro atoms. The summed E-state index contributed by atoms with van der Waals surface area (Å²) in [5.74, 6) is 1.11. The Morgan fingerprint density at radius 1 is 0.976 bits per heavy atom. The van der Waals surface area contributed by atoms with Gasteiger partial charge in [0.2, 0.25) is 10.0 Å². The summed E-state index contributed by atoms with van der Waals surface area (Å²) < 4.78 is 40.7. The SMILES string of the molecule is CN(C)CCCN(C(=O)c1ccc(S(=O)(=O)N2CCc3ccccc3C2)cc1)c1nc2cc3c(cc2s1)OCCO3.Cl. The van der Waals surface area contributed by atoms with E-state index in [9.17, 15) is 13.2 Å². The van der Waals surface area contributed by atoms with Crippen LogP contribution in [0.15, 0.2) is 65.6 Å². The van der Waals surface area contributed by atoms with Crippen LogP contribution >= 0.6 is 23.7 Å². The Kier molecular flexibility index (Phi) is 9.05. The molecule has 9 nitrogen and oxygen atoms in total. The van der Waals surface area contributed by atoms with Crippen LogP contribution in [0, 0.1) is 0 Å². The first-order valence-corrected chi connectivity index (χ1v) is 15.9. The van der Waals surface area contributed by atoms with Gasteiger partial charge in [-0.3, -0.25) is 9.69 Å². The highest BCUT2D eigenvalue weighted by Gasteiger charge is 2.29. The number of ether oxygens (including phenoxy) is 2. The summed E-state index contributed by atoms with van der Waals surface area (Å²) in [5.41, 5.74) is 3.36. The Bertz CT molecular complexity index is 1650. The highest BCUT2D eigenvalue weighted by molar-refractivity contribution is 7.89. The Hall–Kier alpha value is -3.22. The molecule has 1 aromatic heterocycles. The quantitative estimate of drug-likeness (QED) is 0.276. The lowest BCUT2D eigenvalue weighted by atomic mass is 10.0. The molecule has 0 saturated heterocycles. The van der Waals surface area contributed by atoms with Crippen LogP contribution in [-0.2, 0) is 23.0 Å². The van der Waals surface area contributed by atoms with Crippen molar-refractivity contribution in [1.82, 2.24) is 14.2 Å². The molecule has 222 valence electrons. The number of anilines is 1. The Morgan fingerprint density at radius 3 is 2.38 bits per heavy atom. The van der Waals surface area contributed by atoms with Crippen molar-refractivity contribution in [3.8, 4) is 11.5 Å². The zero-order valence-corrected chi connectivity index (χ0v) is 25.9. The van der Waals surface area contributed by atoms with E-state index in [4.69, 9.17) is 14.5 Å². The van der Waals surface area contributed by atoms with Gasteiger partial charge < -0.3 is 14.4 Å². The minimum atomic E-state index is -3.70. The largest absolute Gasteiger partial charge is 0.486 e. The number of hydrogen-bond donors (Lipinski definition) is 0. The summed E-state index contributed by atoms with van der Waals surface area (Å²) in [6, 6.07) is 17.9. The molecule has 0 fully saturated rings. The molecule has 12 heteroatoms. The van der Waals surface area contributed by atoms with Gasteiger partial charge in [0.25, 0.3) is 5.91 Å². The number of aromatic nitrogens is 1. The number of nitrogens with zero attached hydrogens (tertiary/aromatic N) is 4. The van der Waals surface area contributed by atoms with E-state index in [2.05, 4.69) is 4.90 Å². The molecule has 0 saturated carbocycles. The molecule has 2 aliphatic rings. The number of thiazole rings is 1. The Morgan fingerprint density at radius 2 is 1.67 bits per heavy atom. The molecule has 3 heterocycles. The van der Waals surface area contributed by atoms with Crippen molar-refractivity contribution in [2.45, 2.75) is 24.3 Å². The molecule has 4 aromatic rings. The van der Waals surface area contributed by atoms with Crippen LogP contribution in [-0.4, -0.2) is 75.5 Å². The van der Waals surface area contributed by atoms with Gasteiger partial charge in [0.1, 0.15) is 13.2 Å². The minimum Gasteiger partial charge on any atom is -0.486 e. The molecule has 0 radical (unpaired) electrons. The van der Waals surface area contributed by atoms with E-state index in [-0.39, 0.29) is 23.2 Å². The van der Waals surface area contributed by atoms with Crippen molar-refractivity contribution >= 4 is 55.0 Å². The first kappa shape index (κ1) is 30.2. The first-order chi connectivity index (χ1) is 19.8. The summed E-state index contributed by atoms with van der Waals surface area (Å²) in [7, 11) is 0.289. The average molecular weight is 629 g/mol. The van der Waals surface area contributed by atoms with Crippen molar-refractivity contribution in [3.05, 3.63) is 77.4 Å². The van der Waals surface area contributed by atoms with Crippen molar-refractivity contribution in [2.24, 2.45) is 0 Å². The summed E-state index contributed by atoms with van der Waals surface area (Å²) >= 11 is 1.42. The van der Waals surface area contributed by atoms with E-state index in [0.29, 0.717) is 61.5 Å². The van der Waals surface area contributed by atoms with Crippen LogP contribution in [0.3, 0.4) is 0 Å². The maximum atomic E-state index is 13.8. The molecule has 2 aliphatic heterocycles. The molecule has 0 bridgehead atoms. The van der Waals surface area contributed by atoms with Crippen LogP contribution in [0.4, 0.5) is 5.13 Å². The fourth-order valence-corrected chi connectivity index (χ4v) is 7.57. The zero-order valence-electron chi connectivity index (χ0n) is 23.5. The summed E-state index contributed by atoms with van der Waals surface area (Å²) in [6.07, 6.45) is 1.43. The fourth-order valence-electron chi connectivity index (χ4n) is 5.15. The van der Waals surface area contributed by atoms with Crippen molar-refractivity contribution in [1.29, 1.82) is 0 Å². The van der Waals surface area contributed by atoms with Gasteiger partial charge in [0.15, 0.2) is 16.6 Å². The van der Waals surface area contributed by atoms with Gasteiger partial charge in [-0.1, -0.05) is 35.6 Å². The Labute approximate surface area is 256 Å². The van der Waals surface area contributed by atoms with E-state index >= 15 is 0 Å². The van der Waals surface area contributed by atoms with Crippen LogP contribution in [0.1, 0.15) is 27.9 Å². The predicted octanol–water partition coefficient (Wildman–Crippen LogP) is 4.83. The van der Waals surface area contributed by atoms with Gasteiger partial charge in [0.05, 0.1) is 15.1 Å². The number of rotatable bonds is 8. The van der Waals surface area contributed by atoms with Gasteiger partial charge in [-0.25, -0.2) is 13.4 Å². The molecule has 3 aromatic carbocycles. The van der Waals surface area contributed by atoms with Crippen LogP contribution in [0.5, 0.6) is 11.5 Å². The number of halogens is 1. The second kappa shape index (κ2) is 12.6. The van der Waals surface area contributed by atoms with Crippen LogP contribution in [0.25, 0.3) is 10.2 Å². The number of benzene rings is 3. The highest BCUT2D eigenvalue weighted by atomic mass is 35.5. The average Bonchev–Trinajstić information content (AvgIpc) is 3.39. The third-order valence-corrected chi connectivity index (χ3v) is 10.2. The minimum absolute atomic E-state index is 0. The van der Waals surface area contributed by atoms with Crippen LogP contribution in [0.2, 0.25) is 0 Å². The smallest absolute Gasteiger partial charge is 0.260 e. The number of carbonyl (C=O) groups excluding carboxylic acids is 1. The lowest BCUT2D eigenvalue weighted by molar-refractivity contribution is 0.0986. The number of fused-ring (bicyclic) bond motifs is 3. The fraction of sp³-hybridized carbons (Fsp3) is 0.333. The van der Waals surface area contributed by atoms with Gasteiger partial charge in [0, 0.05) is 37.3 Å². The van der Waals surface area contributed by atoms with Gasteiger partial charge >= 0.3 is 0 Å². The topological polar surface area (TPSA) is 92.3 Å². The zero-order chi connectivity index (χ0) is 28.6. The van der Waals surface area contributed by atoms with E-state index in [1.54, 1.807) is 17.0 Å². The van der Waals surface area contributed by atoms with Gasteiger partial charge in [-0.2, -0.15) is 4.31 Å². The predicted molar refractivity (Wildman–Crippen MR) is 167 cm³/mol. The number of amides is 1. The monoisotopic (exact) mass is 628 g/mol. The number of sulfonamides is 1. The molecule has 0 N–H and O–H groups in total. The van der Waals surface area contributed by atoms with Crippen molar-refractivity contribution < 1.29 is 22.7 Å². The molecular weight excluding hydrogens is 596 g/mol. The molecule has 0 aliphatic carbocycles. The van der Waals surface area contributed by atoms with E-state index in [1.807, 2.05) is 50.5 Å². The maximum absolute atomic E-state index is 13.8. The molecule has 1 amide bonds. The van der Waals surface area contributed by atoms with Crippen molar-refractivity contribution in [2.75, 3.05) is 51.8 Å². The van der Waals surface area contributed by atoms with Crippen LogP contribution < -0.4 is 14.4 Å². The summed E-state index contributed by atoms with van der Waals surface area (Å²) in [6.45, 7) is 3.03. The maximum Gasteiger partial charge on any atom is 0.260 e. The number of carbonyl (C=O) groups is 1. The van der Waals surface area contributed by atoms with Gasteiger partial charge in [-0.15, -0.1) is 12.4 Å². The standard InChI is InChI=1S/C30H32N4O5S2.ClH/c1-32(2)13-5-14-34(30-31-25-18-26-27(19-28(25)40-30)39-17-16-38-26)29(35)22-8-10-24(11-9-22)41(36,37)33-15-12-21-6-3-4-7-23(21)20-33;/h3-4,6-11,18-19H,5,12-17,20H2,1-2H3;1H. The second-order valence-corrected chi connectivity index (χ2v) is 13.4. The highest BCUT2D eigenvalue weighted by Crippen LogP contribution is 2.39. The van der Waals surface area contributed by atoms with Gasteiger partial charge in [-0.05, 0) is 68.9 Å². The summed E-state index contributed by atoms with van der Waals surface area (Å²) in [4.78, 5) is 22.5. The second-order valence-electron chi connectivity index (χ2n) is 10.5.